The molecule has 25 heavy (non-hydrogen) atoms. The summed E-state index contributed by atoms with van der Waals surface area (Å²) in [6, 6.07) is 14.0. The Bertz CT molecular complexity index is 695. The van der Waals surface area contributed by atoms with Crippen LogP contribution in [0.3, 0.4) is 0 Å². The molecule has 2 N–H and O–H groups in total. The van der Waals surface area contributed by atoms with Gasteiger partial charge in [0.15, 0.2) is 6.54 Å². The van der Waals surface area contributed by atoms with Gasteiger partial charge in [-0.2, -0.15) is 0 Å². The summed E-state index contributed by atoms with van der Waals surface area (Å²) in [5.74, 6) is 0.852. The lowest BCUT2D eigenvalue weighted by Gasteiger charge is -2.18. The van der Waals surface area contributed by atoms with Crippen LogP contribution in [0.15, 0.2) is 42.5 Å². The van der Waals surface area contributed by atoms with Gasteiger partial charge >= 0.3 is 0 Å². The Balaban J connectivity index is 2.09. The van der Waals surface area contributed by atoms with Gasteiger partial charge < -0.3 is 15.0 Å². The Morgan fingerprint density at radius 3 is 2.36 bits per heavy atom. The molecule has 2 aromatic rings. The number of benzene rings is 2. The van der Waals surface area contributed by atoms with Gasteiger partial charge in [-0.3, -0.25) is 4.79 Å². The van der Waals surface area contributed by atoms with Crippen LogP contribution >= 0.6 is 0 Å². The highest BCUT2D eigenvalue weighted by atomic mass is 16.5. The third-order valence-electron chi connectivity index (χ3n) is 4.54. The second-order valence-corrected chi connectivity index (χ2v) is 6.34. The quantitative estimate of drug-likeness (QED) is 0.775. The fraction of sp³-hybridized carbons (Fsp3) is 0.381. The van der Waals surface area contributed by atoms with Crippen molar-refractivity contribution in [3.8, 4) is 5.75 Å². The first-order valence-corrected chi connectivity index (χ1v) is 8.95. The van der Waals surface area contributed by atoms with Crippen molar-refractivity contribution in [3.05, 3.63) is 59.2 Å². The molecule has 0 aromatic heterocycles. The van der Waals surface area contributed by atoms with E-state index in [1.165, 1.54) is 4.90 Å². The third-order valence-corrected chi connectivity index (χ3v) is 4.54. The zero-order valence-electron chi connectivity index (χ0n) is 15.7. The summed E-state index contributed by atoms with van der Waals surface area (Å²) < 4.78 is 5.97. The van der Waals surface area contributed by atoms with Crippen LogP contribution in [0.25, 0.3) is 0 Å². The molecule has 0 fully saturated rings. The summed E-state index contributed by atoms with van der Waals surface area (Å²) in [6.07, 6.45) is 0. The second kappa shape index (κ2) is 9.23. The molecule has 0 unspecified atom stereocenters. The van der Waals surface area contributed by atoms with Gasteiger partial charge in [0, 0.05) is 5.56 Å². The maximum atomic E-state index is 12.4. The summed E-state index contributed by atoms with van der Waals surface area (Å²) in [5, 5.41) is 3.08. The Labute approximate surface area is 150 Å². The van der Waals surface area contributed by atoms with Crippen LogP contribution < -0.4 is 15.0 Å². The van der Waals surface area contributed by atoms with Crippen molar-refractivity contribution in [3.63, 3.8) is 0 Å². The van der Waals surface area contributed by atoms with E-state index in [-0.39, 0.29) is 5.91 Å². The zero-order chi connectivity index (χ0) is 18.2. The lowest BCUT2D eigenvalue weighted by molar-refractivity contribution is -0.888. The molecule has 0 heterocycles. The number of rotatable bonds is 8. The highest BCUT2D eigenvalue weighted by Gasteiger charge is 2.15. The van der Waals surface area contributed by atoms with Crippen LogP contribution in [0.1, 0.15) is 30.5 Å². The summed E-state index contributed by atoms with van der Waals surface area (Å²) >= 11 is 0. The second-order valence-electron chi connectivity index (χ2n) is 6.34. The average molecular weight is 341 g/mol. The molecule has 4 heteroatoms. The molecular weight excluding hydrogens is 312 g/mol. The van der Waals surface area contributed by atoms with Crippen LogP contribution in [0, 0.1) is 13.8 Å². The standard InChI is InChI=1S/C21H28N2O2/c1-5-23(6-2)14-20(24)22-21-16(3)12-13-19(17(21)4)25-15-18-10-8-7-9-11-18/h7-13H,5-6,14-15H2,1-4H3,(H,22,24)/p+1. The van der Waals surface area contributed by atoms with E-state index in [1.54, 1.807) is 0 Å². The first-order chi connectivity index (χ1) is 12.0. The van der Waals surface area contributed by atoms with E-state index in [9.17, 15) is 4.79 Å². The molecule has 0 saturated carbocycles. The SMILES string of the molecule is CC[NH+](CC)CC(=O)Nc1c(C)ccc(OCc2ccccc2)c1C. The smallest absolute Gasteiger partial charge is 0.279 e. The van der Waals surface area contributed by atoms with Crippen molar-refractivity contribution in [2.75, 3.05) is 25.0 Å². The summed E-state index contributed by atoms with van der Waals surface area (Å²) in [6.45, 7) is 11.1. The molecule has 0 bridgehead atoms. The first kappa shape index (κ1) is 19.0. The van der Waals surface area contributed by atoms with Crippen molar-refractivity contribution in [1.29, 1.82) is 0 Å². The monoisotopic (exact) mass is 341 g/mol. The van der Waals surface area contributed by atoms with Gasteiger partial charge in [-0.1, -0.05) is 36.4 Å². The fourth-order valence-corrected chi connectivity index (χ4v) is 2.82. The van der Waals surface area contributed by atoms with Gasteiger partial charge in [-0.15, -0.1) is 0 Å². The number of aryl methyl sites for hydroxylation is 1. The highest BCUT2D eigenvalue weighted by molar-refractivity contribution is 5.93. The van der Waals surface area contributed by atoms with E-state index >= 15 is 0 Å². The van der Waals surface area contributed by atoms with Gasteiger partial charge in [-0.05, 0) is 44.9 Å². The number of anilines is 1. The minimum absolute atomic E-state index is 0.0464. The van der Waals surface area contributed by atoms with Crippen molar-refractivity contribution < 1.29 is 14.4 Å². The summed E-state index contributed by atoms with van der Waals surface area (Å²) in [4.78, 5) is 13.6. The summed E-state index contributed by atoms with van der Waals surface area (Å²) in [7, 11) is 0. The van der Waals surface area contributed by atoms with E-state index in [1.807, 2.05) is 56.3 Å². The molecule has 134 valence electrons. The molecule has 2 rings (SSSR count). The predicted octanol–water partition coefficient (Wildman–Crippen LogP) is 2.75. The van der Waals surface area contributed by atoms with E-state index < -0.39 is 0 Å². The molecular formula is C21H29N2O2+. The first-order valence-electron chi connectivity index (χ1n) is 8.95. The number of likely N-dealkylation sites (N-methyl/N-ethyl adjacent to an activating group) is 1. The third kappa shape index (κ3) is 5.33. The molecule has 2 aromatic carbocycles. The maximum Gasteiger partial charge on any atom is 0.279 e. The van der Waals surface area contributed by atoms with E-state index in [0.717, 1.165) is 41.2 Å². The number of hydrogen-bond acceptors (Lipinski definition) is 2. The predicted molar refractivity (Wildman–Crippen MR) is 102 cm³/mol. The number of hydrogen-bond donors (Lipinski definition) is 2. The van der Waals surface area contributed by atoms with E-state index in [2.05, 4.69) is 19.2 Å². The molecule has 0 radical (unpaired) electrons. The lowest BCUT2D eigenvalue weighted by atomic mass is 10.1. The number of carbonyl (C=O) groups is 1. The van der Waals surface area contributed by atoms with E-state index in [0.29, 0.717) is 13.2 Å². The molecule has 0 aliphatic carbocycles. The fourth-order valence-electron chi connectivity index (χ4n) is 2.82. The van der Waals surface area contributed by atoms with Crippen LogP contribution in [-0.2, 0) is 11.4 Å². The van der Waals surface area contributed by atoms with Crippen molar-refractivity contribution in [1.82, 2.24) is 0 Å². The maximum absolute atomic E-state index is 12.4. The van der Waals surface area contributed by atoms with Crippen molar-refractivity contribution >= 4 is 11.6 Å². The van der Waals surface area contributed by atoms with Crippen LogP contribution in [0.4, 0.5) is 5.69 Å². The Morgan fingerprint density at radius 1 is 1.04 bits per heavy atom. The minimum atomic E-state index is 0.0464. The molecule has 0 atom stereocenters. The number of quaternary nitrogens is 1. The zero-order valence-corrected chi connectivity index (χ0v) is 15.7. The molecule has 1 amide bonds. The van der Waals surface area contributed by atoms with Crippen molar-refractivity contribution in [2.45, 2.75) is 34.3 Å². The molecule has 4 nitrogen and oxygen atoms in total. The van der Waals surface area contributed by atoms with E-state index in [4.69, 9.17) is 4.74 Å². The Kier molecular flexibility index (Phi) is 7.02. The number of ether oxygens (including phenoxy) is 1. The molecule has 0 aliphatic heterocycles. The lowest BCUT2D eigenvalue weighted by Crippen LogP contribution is -3.12. The Hall–Kier alpha value is -2.33. The van der Waals surface area contributed by atoms with Gasteiger partial charge in [0.2, 0.25) is 0 Å². The van der Waals surface area contributed by atoms with Crippen LogP contribution in [-0.4, -0.2) is 25.5 Å². The number of carbonyl (C=O) groups excluding carboxylic acids is 1. The van der Waals surface area contributed by atoms with Gasteiger partial charge in [0.25, 0.3) is 5.91 Å². The topological polar surface area (TPSA) is 42.8 Å². The molecule has 0 saturated heterocycles. The largest absolute Gasteiger partial charge is 0.489 e. The van der Waals surface area contributed by atoms with Gasteiger partial charge in [0.05, 0.1) is 18.8 Å². The summed E-state index contributed by atoms with van der Waals surface area (Å²) in [5.41, 5.74) is 4.01. The van der Waals surface area contributed by atoms with Crippen LogP contribution in [0.5, 0.6) is 5.75 Å². The highest BCUT2D eigenvalue weighted by Crippen LogP contribution is 2.29. The van der Waals surface area contributed by atoms with Crippen LogP contribution in [0.2, 0.25) is 0 Å². The average Bonchev–Trinajstić information content (AvgIpc) is 2.63. The Morgan fingerprint density at radius 2 is 1.72 bits per heavy atom. The van der Waals surface area contributed by atoms with Gasteiger partial charge in [-0.25, -0.2) is 0 Å². The van der Waals surface area contributed by atoms with Gasteiger partial charge in [0.1, 0.15) is 12.4 Å². The van der Waals surface area contributed by atoms with Crippen molar-refractivity contribution in [2.24, 2.45) is 0 Å². The molecule has 0 spiro atoms. The number of nitrogens with one attached hydrogen (secondary N) is 2. The molecule has 0 aliphatic rings. The number of amides is 1. The minimum Gasteiger partial charge on any atom is -0.489 e. The normalized spacial score (nSPS) is 10.8.